The predicted octanol–water partition coefficient (Wildman–Crippen LogP) is 5.45. The second-order valence-corrected chi connectivity index (χ2v) is 9.05. The first-order valence-corrected chi connectivity index (χ1v) is 11.7. The maximum Gasteiger partial charge on any atom is 0.254 e. The van der Waals surface area contributed by atoms with Gasteiger partial charge in [-0.25, -0.2) is 0 Å². The zero-order chi connectivity index (χ0) is 23.3. The van der Waals surface area contributed by atoms with Crippen molar-refractivity contribution in [3.63, 3.8) is 0 Å². The number of benzene rings is 2. The van der Waals surface area contributed by atoms with Crippen LogP contribution < -0.4 is 4.90 Å². The molecule has 0 radical (unpaired) electrons. The maximum atomic E-state index is 13.7. The van der Waals surface area contributed by atoms with Gasteiger partial charge in [0.25, 0.3) is 11.8 Å². The number of amides is 2. The molecule has 3 rings (SSSR count). The molecular formula is C27H36N2O3. The number of hydrogen-bond acceptors (Lipinski definition) is 3. The van der Waals surface area contributed by atoms with E-state index in [1.54, 1.807) is 23.9 Å². The van der Waals surface area contributed by atoms with Gasteiger partial charge >= 0.3 is 0 Å². The van der Waals surface area contributed by atoms with E-state index in [4.69, 9.17) is 4.74 Å². The number of hydrogen-bond donors (Lipinski definition) is 0. The number of carbonyl (C=O) groups excluding carboxylic acids is 2. The highest BCUT2D eigenvalue weighted by atomic mass is 16.5. The van der Waals surface area contributed by atoms with E-state index in [9.17, 15) is 9.59 Å². The number of rotatable bonds is 9. The van der Waals surface area contributed by atoms with Gasteiger partial charge in [-0.2, -0.15) is 0 Å². The summed E-state index contributed by atoms with van der Waals surface area (Å²) < 4.78 is 6.06. The third-order valence-corrected chi connectivity index (χ3v) is 6.14. The van der Waals surface area contributed by atoms with Crippen molar-refractivity contribution < 1.29 is 14.3 Å². The highest BCUT2D eigenvalue weighted by Crippen LogP contribution is 2.41. The minimum atomic E-state index is -0.704. The number of likely N-dealkylation sites (N-methyl/N-ethyl adjacent to an activating group) is 2. The molecule has 2 amide bonds. The van der Waals surface area contributed by atoms with Crippen molar-refractivity contribution in [1.29, 1.82) is 0 Å². The van der Waals surface area contributed by atoms with E-state index in [1.165, 1.54) is 0 Å². The van der Waals surface area contributed by atoms with Crippen LogP contribution in [0.4, 0.5) is 5.69 Å². The molecule has 0 unspecified atom stereocenters. The highest BCUT2D eigenvalue weighted by molar-refractivity contribution is 6.06. The van der Waals surface area contributed by atoms with E-state index in [0.29, 0.717) is 18.9 Å². The quantitative estimate of drug-likeness (QED) is 0.491. The Labute approximate surface area is 192 Å². The Hall–Kier alpha value is -2.66. The zero-order valence-corrected chi connectivity index (χ0v) is 20.0. The SMILES string of the molecule is CCCCCO[C@@H](CC(C)C)C(=O)N(C)[C@@H]1C(=O)N(C)c2ccccc2-c2ccccc21. The lowest BCUT2D eigenvalue weighted by atomic mass is 9.94. The summed E-state index contributed by atoms with van der Waals surface area (Å²) >= 11 is 0. The third kappa shape index (κ3) is 5.04. The molecule has 5 heteroatoms. The van der Waals surface area contributed by atoms with Crippen molar-refractivity contribution >= 4 is 17.5 Å². The first-order chi connectivity index (χ1) is 15.4. The molecule has 0 aromatic heterocycles. The van der Waals surface area contributed by atoms with Crippen molar-refractivity contribution in [3.8, 4) is 11.1 Å². The van der Waals surface area contributed by atoms with Crippen LogP contribution in [0.5, 0.6) is 0 Å². The molecule has 172 valence electrons. The Morgan fingerprint density at radius 1 is 1.06 bits per heavy atom. The molecule has 0 bridgehead atoms. The van der Waals surface area contributed by atoms with Crippen LogP contribution >= 0.6 is 0 Å². The monoisotopic (exact) mass is 436 g/mol. The van der Waals surface area contributed by atoms with Gasteiger partial charge in [-0.15, -0.1) is 0 Å². The Balaban J connectivity index is 1.96. The number of para-hydroxylation sites is 1. The zero-order valence-electron chi connectivity index (χ0n) is 20.0. The van der Waals surface area contributed by atoms with Gasteiger partial charge in [0, 0.05) is 26.3 Å². The Morgan fingerprint density at radius 3 is 2.41 bits per heavy atom. The highest BCUT2D eigenvalue weighted by Gasteiger charge is 2.38. The van der Waals surface area contributed by atoms with E-state index in [1.807, 2.05) is 48.5 Å². The maximum absolute atomic E-state index is 13.7. The summed E-state index contributed by atoms with van der Waals surface area (Å²) in [6.07, 6.45) is 3.20. The molecule has 1 aliphatic heterocycles. The van der Waals surface area contributed by atoms with Crippen LogP contribution in [0.3, 0.4) is 0 Å². The van der Waals surface area contributed by atoms with Gasteiger partial charge in [-0.1, -0.05) is 76.1 Å². The number of unbranched alkanes of at least 4 members (excludes halogenated alkanes) is 2. The van der Waals surface area contributed by atoms with Crippen LogP contribution in [0.1, 0.15) is 58.1 Å². The van der Waals surface area contributed by atoms with E-state index in [-0.39, 0.29) is 11.8 Å². The van der Waals surface area contributed by atoms with Crippen molar-refractivity contribution in [2.45, 2.75) is 58.6 Å². The molecule has 0 aliphatic carbocycles. The number of nitrogens with zero attached hydrogens (tertiary/aromatic N) is 2. The van der Waals surface area contributed by atoms with E-state index in [2.05, 4.69) is 20.8 Å². The van der Waals surface area contributed by atoms with Gasteiger partial charge in [0.1, 0.15) is 12.1 Å². The first-order valence-electron chi connectivity index (χ1n) is 11.7. The average Bonchev–Trinajstić information content (AvgIpc) is 2.88. The summed E-state index contributed by atoms with van der Waals surface area (Å²) in [6.45, 7) is 6.89. The number of anilines is 1. The fourth-order valence-electron chi connectivity index (χ4n) is 4.38. The lowest BCUT2D eigenvalue weighted by molar-refractivity contribution is -0.149. The van der Waals surface area contributed by atoms with Gasteiger partial charge < -0.3 is 14.5 Å². The van der Waals surface area contributed by atoms with Crippen LogP contribution in [-0.2, 0) is 14.3 Å². The summed E-state index contributed by atoms with van der Waals surface area (Å²) in [5, 5.41) is 0. The number of fused-ring (bicyclic) bond motifs is 3. The molecule has 2 aromatic carbocycles. The molecule has 0 N–H and O–H groups in total. The minimum absolute atomic E-state index is 0.118. The minimum Gasteiger partial charge on any atom is -0.368 e. The summed E-state index contributed by atoms with van der Waals surface area (Å²) in [7, 11) is 3.51. The van der Waals surface area contributed by atoms with E-state index >= 15 is 0 Å². The molecular weight excluding hydrogens is 400 g/mol. The van der Waals surface area contributed by atoms with Gasteiger partial charge in [-0.05, 0) is 36.0 Å². The van der Waals surface area contributed by atoms with Gasteiger partial charge in [0.2, 0.25) is 0 Å². The normalized spacial score (nSPS) is 16.4. The lowest BCUT2D eigenvalue weighted by Crippen LogP contribution is -2.46. The molecule has 0 saturated heterocycles. The molecule has 32 heavy (non-hydrogen) atoms. The Bertz CT molecular complexity index is 940. The smallest absolute Gasteiger partial charge is 0.254 e. The molecule has 1 aliphatic rings. The van der Waals surface area contributed by atoms with Crippen LogP contribution in [-0.4, -0.2) is 43.5 Å². The standard InChI is InChI=1S/C27H36N2O3/c1-6-7-12-17-32-24(18-19(2)3)26(30)29(5)25-22-15-9-8-13-20(22)21-14-10-11-16-23(21)28(4)27(25)31/h8-11,13-16,19,24-25H,6-7,12,17-18H2,1-5H3/t24-,25-/m0/s1. The van der Waals surface area contributed by atoms with Crippen LogP contribution in [0, 0.1) is 5.92 Å². The second-order valence-electron chi connectivity index (χ2n) is 9.05. The molecule has 0 saturated carbocycles. The molecule has 0 spiro atoms. The number of ether oxygens (including phenoxy) is 1. The third-order valence-electron chi connectivity index (χ3n) is 6.14. The fourth-order valence-corrected chi connectivity index (χ4v) is 4.38. The Kier molecular flexibility index (Phi) is 8.08. The van der Waals surface area contributed by atoms with Gasteiger partial charge in [-0.3, -0.25) is 9.59 Å². The molecule has 2 atom stereocenters. The molecule has 5 nitrogen and oxygen atoms in total. The lowest BCUT2D eigenvalue weighted by Gasteiger charge is -2.32. The van der Waals surface area contributed by atoms with Crippen molar-refractivity contribution in [1.82, 2.24) is 4.90 Å². The molecule has 0 fully saturated rings. The van der Waals surface area contributed by atoms with Crippen LogP contribution in [0.15, 0.2) is 48.5 Å². The van der Waals surface area contributed by atoms with Crippen molar-refractivity contribution in [3.05, 3.63) is 54.1 Å². The molecule has 1 heterocycles. The van der Waals surface area contributed by atoms with Crippen molar-refractivity contribution in [2.24, 2.45) is 5.92 Å². The molecule has 2 aromatic rings. The second kappa shape index (κ2) is 10.8. The fraction of sp³-hybridized carbons (Fsp3) is 0.481. The van der Waals surface area contributed by atoms with E-state index < -0.39 is 12.1 Å². The van der Waals surface area contributed by atoms with Gasteiger partial charge in [0.05, 0.1) is 5.69 Å². The summed E-state index contributed by atoms with van der Waals surface area (Å²) in [4.78, 5) is 30.5. The van der Waals surface area contributed by atoms with Crippen LogP contribution in [0.25, 0.3) is 11.1 Å². The van der Waals surface area contributed by atoms with Crippen molar-refractivity contribution in [2.75, 3.05) is 25.6 Å². The van der Waals surface area contributed by atoms with Crippen LogP contribution in [0.2, 0.25) is 0 Å². The first kappa shape index (κ1) is 24.0. The van der Waals surface area contributed by atoms with E-state index in [0.717, 1.165) is 41.6 Å². The summed E-state index contributed by atoms with van der Waals surface area (Å²) in [5.74, 6) is 0.0582. The van der Waals surface area contributed by atoms with Gasteiger partial charge in [0.15, 0.2) is 0 Å². The summed E-state index contributed by atoms with van der Waals surface area (Å²) in [5.41, 5.74) is 3.67. The summed E-state index contributed by atoms with van der Waals surface area (Å²) in [6, 6.07) is 15.1. The largest absolute Gasteiger partial charge is 0.368 e. The average molecular weight is 437 g/mol. The Morgan fingerprint density at radius 2 is 1.72 bits per heavy atom. The topological polar surface area (TPSA) is 49.9 Å². The predicted molar refractivity (Wildman–Crippen MR) is 130 cm³/mol. The number of carbonyl (C=O) groups is 2.